The van der Waals surface area contributed by atoms with Gasteiger partial charge in [0.05, 0.1) is 0 Å². The fraction of sp³-hybridized carbons (Fsp3) is 0.753. The molecule has 0 saturated carbocycles. The lowest BCUT2D eigenvalue weighted by atomic mass is 10.0. The molecule has 0 spiro atoms. The lowest BCUT2D eigenvalue weighted by Crippen LogP contribution is -2.30. The molecular formula is C77H134O6. The molecule has 0 saturated heterocycles. The van der Waals surface area contributed by atoms with Gasteiger partial charge in [-0.15, -0.1) is 0 Å². The third kappa shape index (κ3) is 69.0. The molecule has 0 amide bonds. The number of hydrogen-bond donors (Lipinski definition) is 0. The Morgan fingerprint density at radius 3 is 0.759 bits per heavy atom. The van der Waals surface area contributed by atoms with E-state index >= 15 is 0 Å². The van der Waals surface area contributed by atoms with Gasteiger partial charge in [-0.05, 0) is 122 Å². The van der Waals surface area contributed by atoms with Crippen LogP contribution in [0.25, 0.3) is 0 Å². The van der Waals surface area contributed by atoms with E-state index in [4.69, 9.17) is 14.2 Å². The predicted molar refractivity (Wildman–Crippen MR) is 362 cm³/mol. The molecular weight excluding hydrogens is 1020 g/mol. The van der Waals surface area contributed by atoms with Crippen LogP contribution in [-0.2, 0) is 28.6 Å². The van der Waals surface area contributed by atoms with Gasteiger partial charge >= 0.3 is 17.9 Å². The lowest BCUT2D eigenvalue weighted by Gasteiger charge is -2.18. The number of rotatable bonds is 65. The van der Waals surface area contributed by atoms with Gasteiger partial charge in [-0.3, -0.25) is 14.4 Å². The van der Waals surface area contributed by atoms with E-state index in [2.05, 4.69) is 118 Å². The average molecular weight is 1160 g/mol. The summed E-state index contributed by atoms with van der Waals surface area (Å²) in [6, 6.07) is 0. The first-order chi connectivity index (χ1) is 41.0. The molecule has 0 fully saturated rings. The Balaban J connectivity index is 4.25. The minimum absolute atomic E-state index is 0.0828. The van der Waals surface area contributed by atoms with Crippen molar-refractivity contribution in [1.82, 2.24) is 0 Å². The van der Waals surface area contributed by atoms with Crippen molar-refractivity contribution in [2.45, 2.75) is 361 Å². The second-order valence-electron chi connectivity index (χ2n) is 23.8. The van der Waals surface area contributed by atoms with Gasteiger partial charge in [0.1, 0.15) is 13.2 Å². The highest BCUT2D eigenvalue weighted by Gasteiger charge is 2.19. The second kappa shape index (κ2) is 70.8. The van der Waals surface area contributed by atoms with E-state index in [1.54, 1.807) is 0 Å². The maximum Gasteiger partial charge on any atom is 0.306 e. The SMILES string of the molecule is CC/C=C\C/C=C\C/C=C\CCCCCCCC(=O)OCC(COC(=O)CCCCCCCCCCCCCCCCCC/C=C\C/C=C\C/C=C\CCCCCCC)OC(=O)CCCCCCCCCCC/C=C\C/C=C\CCCCC. The second-order valence-corrected chi connectivity index (χ2v) is 23.8. The molecule has 0 bridgehead atoms. The van der Waals surface area contributed by atoms with Crippen molar-refractivity contribution in [3.8, 4) is 0 Å². The molecule has 0 heterocycles. The van der Waals surface area contributed by atoms with Crippen LogP contribution >= 0.6 is 0 Å². The van der Waals surface area contributed by atoms with Crippen LogP contribution in [-0.4, -0.2) is 37.2 Å². The molecule has 6 heteroatoms. The van der Waals surface area contributed by atoms with E-state index in [-0.39, 0.29) is 31.1 Å². The molecule has 0 aliphatic heterocycles. The Labute approximate surface area is 515 Å². The normalized spacial score (nSPS) is 12.7. The van der Waals surface area contributed by atoms with Crippen molar-refractivity contribution < 1.29 is 28.6 Å². The molecule has 0 radical (unpaired) electrons. The summed E-state index contributed by atoms with van der Waals surface area (Å²) < 4.78 is 17.0. The van der Waals surface area contributed by atoms with E-state index in [0.717, 1.165) is 116 Å². The summed E-state index contributed by atoms with van der Waals surface area (Å²) in [6.45, 7) is 6.51. The molecule has 0 aromatic carbocycles. The van der Waals surface area contributed by atoms with Crippen LogP contribution in [0.4, 0.5) is 0 Å². The highest BCUT2D eigenvalue weighted by Crippen LogP contribution is 2.17. The van der Waals surface area contributed by atoms with Gasteiger partial charge in [-0.2, -0.15) is 0 Å². The van der Waals surface area contributed by atoms with Crippen LogP contribution < -0.4 is 0 Å². The number of ether oxygens (including phenoxy) is 3. The third-order valence-corrected chi connectivity index (χ3v) is 15.5. The van der Waals surface area contributed by atoms with E-state index in [9.17, 15) is 14.4 Å². The monoisotopic (exact) mass is 1160 g/mol. The van der Waals surface area contributed by atoms with Crippen LogP contribution in [0.3, 0.4) is 0 Å². The topological polar surface area (TPSA) is 78.9 Å². The molecule has 478 valence electrons. The summed E-state index contributed by atoms with van der Waals surface area (Å²) in [5, 5.41) is 0. The number of unbranched alkanes of at least 4 members (excludes halogenated alkanes) is 38. The summed E-state index contributed by atoms with van der Waals surface area (Å²) >= 11 is 0. The quantitative estimate of drug-likeness (QED) is 0.0261. The Morgan fingerprint density at radius 1 is 0.253 bits per heavy atom. The number of allylic oxidation sites excluding steroid dienone is 16. The number of carbonyl (C=O) groups is 3. The highest BCUT2D eigenvalue weighted by molar-refractivity contribution is 5.71. The van der Waals surface area contributed by atoms with Crippen LogP contribution in [0.2, 0.25) is 0 Å². The van der Waals surface area contributed by atoms with Gasteiger partial charge in [0, 0.05) is 19.3 Å². The van der Waals surface area contributed by atoms with Gasteiger partial charge in [0.25, 0.3) is 0 Å². The molecule has 0 aromatic rings. The molecule has 0 aromatic heterocycles. The van der Waals surface area contributed by atoms with Crippen LogP contribution in [0.1, 0.15) is 355 Å². The summed E-state index contributed by atoms with van der Waals surface area (Å²) in [7, 11) is 0. The van der Waals surface area contributed by atoms with Crippen molar-refractivity contribution in [2.24, 2.45) is 0 Å². The van der Waals surface area contributed by atoms with E-state index in [1.807, 2.05) is 0 Å². The van der Waals surface area contributed by atoms with Crippen molar-refractivity contribution in [3.63, 3.8) is 0 Å². The highest BCUT2D eigenvalue weighted by atomic mass is 16.6. The van der Waals surface area contributed by atoms with E-state index in [1.165, 1.54) is 199 Å². The number of carbonyl (C=O) groups excluding carboxylic acids is 3. The maximum atomic E-state index is 12.9. The maximum absolute atomic E-state index is 12.9. The summed E-state index contributed by atoms with van der Waals surface area (Å²) in [5.41, 5.74) is 0. The molecule has 1 atom stereocenters. The molecule has 1 unspecified atom stereocenters. The summed E-state index contributed by atoms with van der Waals surface area (Å²) in [5.74, 6) is -0.889. The molecule has 83 heavy (non-hydrogen) atoms. The average Bonchev–Trinajstić information content (AvgIpc) is 3.50. The molecule has 0 N–H and O–H groups in total. The van der Waals surface area contributed by atoms with Crippen molar-refractivity contribution >= 4 is 17.9 Å². The van der Waals surface area contributed by atoms with Crippen molar-refractivity contribution in [1.29, 1.82) is 0 Å². The fourth-order valence-electron chi connectivity index (χ4n) is 10.2. The molecule has 0 aliphatic carbocycles. The van der Waals surface area contributed by atoms with E-state index < -0.39 is 6.10 Å². The molecule has 0 rings (SSSR count). The van der Waals surface area contributed by atoms with Crippen molar-refractivity contribution in [2.75, 3.05) is 13.2 Å². The zero-order valence-corrected chi connectivity index (χ0v) is 54.9. The first-order valence-electron chi connectivity index (χ1n) is 35.7. The smallest absolute Gasteiger partial charge is 0.306 e. The zero-order chi connectivity index (χ0) is 59.9. The largest absolute Gasteiger partial charge is 0.462 e. The van der Waals surface area contributed by atoms with Gasteiger partial charge in [-0.25, -0.2) is 0 Å². The first kappa shape index (κ1) is 79.3. The summed E-state index contributed by atoms with van der Waals surface area (Å²) in [6.07, 6.45) is 95.8. The first-order valence-corrected chi connectivity index (χ1v) is 35.7. The Bertz CT molecular complexity index is 1610. The number of hydrogen-bond acceptors (Lipinski definition) is 6. The lowest BCUT2D eigenvalue weighted by molar-refractivity contribution is -0.167. The van der Waals surface area contributed by atoms with Gasteiger partial charge in [0.15, 0.2) is 6.10 Å². The van der Waals surface area contributed by atoms with E-state index in [0.29, 0.717) is 19.3 Å². The summed E-state index contributed by atoms with van der Waals surface area (Å²) in [4.78, 5) is 38.4. The standard InChI is InChI=1S/C77H134O6/c1-4-7-10-13-16-19-22-25-28-30-32-33-34-35-36-37-38-39-40-41-42-43-45-46-49-52-55-58-61-64-67-70-76(79)82-73-74(72-81-75(78)69-66-63-60-57-54-51-48-27-24-21-18-15-12-9-6-3)83-77(80)71-68-65-62-59-56-53-50-47-44-31-29-26-23-20-17-14-11-8-5-2/h9,12,17-18,20-22,25-27,29-30,32,34-35,48,74H,4-8,10-11,13-16,19,23-24,28,31,33,36-47,49-73H2,1-3H3/b12-9-,20-17-,21-18-,25-22-,29-26-,32-30-,35-34-,48-27-. The van der Waals surface area contributed by atoms with Gasteiger partial charge < -0.3 is 14.2 Å². The minimum Gasteiger partial charge on any atom is -0.462 e. The van der Waals surface area contributed by atoms with Gasteiger partial charge in [-0.1, -0.05) is 311 Å². The molecule has 0 aliphatic rings. The van der Waals surface area contributed by atoms with Crippen LogP contribution in [0.15, 0.2) is 97.2 Å². The molecule has 6 nitrogen and oxygen atoms in total. The Kier molecular flexibility index (Phi) is 67.7. The third-order valence-electron chi connectivity index (χ3n) is 15.5. The van der Waals surface area contributed by atoms with Crippen molar-refractivity contribution in [3.05, 3.63) is 97.2 Å². The van der Waals surface area contributed by atoms with Crippen LogP contribution in [0, 0.1) is 0 Å². The minimum atomic E-state index is -0.789. The predicted octanol–water partition coefficient (Wildman–Crippen LogP) is 24.8. The van der Waals surface area contributed by atoms with Crippen LogP contribution in [0.5, 0.6) is 0 Å². The Hall–Kier alpha value is -3.67. The Morgan fingerprint density at radius 2 is 0.470 bits per heavy atom. The zero-order valence-electron chi connectivity index (χ0n) is 54.9. The number of esters is 3. The fourth-order valence-corrected chi connectivity index (χ4v) is 10.2. The van der Waals surface area contributed by atoms with Gasteiger partial charge in [0.2, 0.25) is 0 Å².